The first kappa shape index (κ1) is 23.9. The minimum atomic E-state index is -1.35. The molecule has 192 valence electrons. The molecule has 1 aromatic rings. The largest absolute Gasteiger partial charge is 0.356 e. The smallest absolute Gasteiger partial charge is 0.258 e. The van der Waals surface area contributed by atoms with Gasteiger partial charge in [0.2, 0.25) is 5.43 Å². The molecule has 36 heavy (non-hydrogen) atoms. The Morgan fingerprint density at radius 3 is 2.97 bits per heavy atom. The summed E-state index contributed by atoms with van der Waals surface area (Å²) in [6.07, 6.45) is 9.17. The third-order valence-corrected chi connectivity index (χ3v) is 9.38. The van der Waals surface area contributed by atoms with E-state index in [1.165, 1.54) is 0 Å². The monoisotopic (exact) mass is 512 g/mol. The van der Waals surface area contributed by atoms with Crippen molar-refractivity contribution in [3.05, 3.63) is 33.1 Å². The number of hydrogen-bond donors (Lipinski definition) is 2. The van der Waals surface area contributed by atoms with E-state index in [0.717, 1.165) is 70.2 Å². The van der Waals surface area contributed by atoms with E-state index in [2.05, 4.69) is 20.2 Å². The third kappa shape index (κ3) is 4.32. The van der Waals surface area contributed by atoms with Crippen LogP contribution in [-0.2, 0) is 6.42 Å². The fourth-order valence-corrected chi connectivity index (χ4v) is 7.67. The van der Waals surface area contributed by atoms with Crippen LogP contribution < -0.4 is 16.1 Å². The molecule has 1 amide bonds. The second-order valence-electron chi connectivity index (χ2n) is 10.3. The van der Waals surface area contributed by atoms with Crippen molar-refractivity contribution in [1.82, 2.24) is 20.1 Å². The number of amides is 1. The molecule has 0 bridgehead atoms. The molecule has 4 aliphatic heterocycles. The molecular formula is C26H33FN6O2S. The molecule has 3 atom stereocenters. The van der Waals surface area contributed by atoms with Crippen molar-refractivity contribution in [2.24, 2.45) is 9.98 Å². The summed E-state index contributed by atoms with van der Waals surface area (Å²) in [6, 6.07) is 0.182. The first-order valence-electron chi connectivity index (χ1n) is 13.3. The Hall–Kier alpha value is -2.46. The molecule has 5 aliphatic rings. The zero-order valence-electron chi connectivity index (χ0n) is 20.5. The number of aliphatic imine (C=N–C) groups is 2. The van der Waals surface area contributed by atoms with Crippen molar-refractivity contribution in [3.63, 3.8) is 0 Å². The average Bonchev–Trinajstić information content (AvgIpc) is 3.07. The maximum atomic E-state index is 15.6. The number of carbonyl (C=O) groups excluding carboxylic acids is 1. The van der Waals surface area contributed by atoms with Gasteiger partial charge in [0.1, 0.15) is 17.2 Å². The molecule has 1 saturated heterocycles. The lowest BCUT2D eigenvalue weighted by molar-refractivity contribution is 0.0950. The fraction of sp³-hybridized carbons (Fsp3) is 0.615. The number of pyridine rings is 1. The molecule has 2 N–H and O–H groups in total. The first-order chi connectivity index (χ1) is 17.6. The lowest BCUT2D eigenvalue weighted by Crippen LogP contribution is -2.43. The lowest BCUT2D eigenvalue weighted by Gasteiger charge is -2.32. The van der Waals surface area contributed by atoms with E-state index in [1.54, 1.807) is 18.0 Å². The van der Waals surface area contributed by atoms with Crippen LogP contribution in [0.2, 0.25) is 0 Å². The van der Waals surface area contributed by atoms with Crippen molar-refractivity contribution in [3.8, 4) is 0 Å². The van der Waals surface area contributed by atoms with E-state index in [-0.39, 0.29) is 29.4 Å². The Kier molecular flexibility index (Phi) is 6.73. The summed E-state index contributed by atoms with van der Waals surface area (Å²) in [6.45, 7) is 3.51. The van der Waals surface area contributed by atoms with Crippen LogP contribution in [0.4, 0.5) is 10.2 Å². The van der Waals surface area contributed by atoms with Crippen LogP contribution in [-0.4, -0.2) is 71.6 Å². The average molecular weight is 513 g/mol. The zero-order valence-corrected chi connectivity index (χ0v) is 21.3. The van der Waals surface area contributed by atoms with Crippen LogP contribution in [0.1, 0.15) is 66.9 Å². The van der Waals surface area contributed by atoms with Crippen molar-refractivity contribution in [2.45, 2.75) is 73.9 Å². The molecule has 8 nitrogen and oxygen atoms in total. The summed E-state index contributed by atoms with van der Waals surface area (Å²) >= 11 is 1.64. The molecule has 3 unspecified atom stereocenters. The predicted molar refractivity (Wildman–Crippen MR) is 141 cm³/mol. The van der Waals surface area contributed by atoms with Gasteiger partial charge in [-0.2, -0.15) is 0 Å². The van der Waals surface area contributed by atoms with Gasteiger partial charge in [-0.15, -0.1) is 11.8 Å². The number of thioether (sulfide) groups is 1. The highest BCUT2D eigenvalue weighted by molar-refractivity contribution is 8.00. The van der Waals surface area contributed by atoms with Crippen LogP contribution >= 0.6 is 11.8 Å². The van der Waals surface area contributed by atoms with Gasteiger partial charge in [-0.3, -0.25) is 14.6 Å². The summed E-state index contributed by atoms with van der Waals surface area (Å²) in [5.74, 6) is 0.641. The van der Waals surface area contributed by atoms with Gasteiger partial charge in [0.05, 0.1) is 5.03 Å². The van der Waals surface area contributed by atoms with Crippen LogP contribution in [0.25, 0.3) is 0 Å². The molecule has 5 heterocycles. The number of halogens is 1. The number of hydrogen-bond acceptors (Lipinski definition) is 7. The number of fused-ring (bicyclic) bond motifs is 5. The molecule has 0 aromatic carbocycles. The number of alkyl halides is 1. The molecular weight excluding hydrogens is 479 g/mol. The quantitative estimate of drug-likeness (QED) is 0.650. The van der Waals surface area contributed by atoms with Gasteiger partial charge < -0.3 is 20.1 Å². The van der Waals surface area contributed by atoms with Gasteiger partial charge in [-0.25, -0.2) is 9.38 Å². The summed E-state index contributed by atoms with van der Waals surface area (Å²) in [7, 11) is 0. The summed E-state index contributed by atoms with van der Waals surface area (Å²) in [5.41, 5.74) is 1.18. The Labute approximate surface area is 214 Å². The minimum absolute atomic E-state index is 0.0284. The SMILES string of the molecule is O=C(NCC1=CN=CCC1)c1c2n(c3c(c1=O)CC(F)C(N1CCCNCC1)=N3)C1CCCCC1S2. The van der Waals surface area contributed by atoms with Crippen LogP contribution in [0, 0.1) is 0 Å². The Balaban J connectivity index is 1.42. The van der Waals surface area contributed by atoms with Crippen molar-refractivity contribution in [2.75, 3.05) is 32.7 Å². The molecule has 2 fully saturated rings. The Morgan fingerprint density at radius 1 is 1.22 bits per heavy atom. The summed E-state index contributed by atoms with van der Waals surface area (Å²) < 4.78 is 17.7. The molecule has 1 aliphatic carbocycles. The van der Waals surface area contributed by atoms with Crippen LogP contribution in [0.15, 0.2) is 31.6 Å². The second kappa shape index (κ2) is 10.1. The van der Waals surface area contributed by atoms with Gasteiger partial charge in [-0.1, -0.05) is 12.8 Å². The number of rotatable bonds is 3. The van der Waals surface area contributed by atoms with Crippen molar-refractivity contribution < 1.29 is 9.18 Å². The van der Waals surface area contributed by atoms with Crippen LogP contribution in [0.3, 0.4) is 0 Å². The van der Waals surface area contributed by atoms with E-state index in [1.807, 2.05) is 11.1 Å². The third-order valence-electron chi connectivity index (χ3n) is 7.90. The number of nitrogens with zero attached hydrogens (tertiary/aromatic N) is 4. The van der Waals surface area contributed by atoms with Gasteiger partial charge in [0, 0.05) is 61.9 Å². The number of nitrogens with one attached hydrogen (secondary N) is 2. The Bertz CT molecular complexity index is 1200. The van der Waals surface area contributed by atoms with E-state index in [4.69, 9.17) is 4.99 Å². The maximum absolute atomic E-state index is 15.6. The predicted octanol–water partition coefficient (Wildman–Crippen LogP) is 3.14. The van der Waals surface area contributed by atoms with Crippen molar-refractivity contribution in [1.29, 1.82) is 0 Å². The zero-order chi connectivity index (χ0) is 24.6. The highest BCUT2D eigenvalue weighted by Gasteiger charge is 2.43. The molecule has 10 heteroatoms. The van der Waals surface area contributed by atoms with Gasteiger partial charge in [0.25, 0.3) is 5.91 Å². The topological polar surface area (TPSA) is 91.1 Å². The molecule has 1 aromatic heterocycles. The molecule has 1 saturated carbocycles. The number of carbonyl (C=O) groups is 1. The van der Waals surface area contributed by atoms with E-state index in [9.17, 15) is 9.59 Å². The van der Waals surface area contributed by atoms with E-state index >= 15 is 4.39 Å². The summed E-state index contributed by atoms with van der Waals surface area (Å²) in [4.78, 5) is 38.3. The van der Waals surface area contributed by atoms with E-state index < -0.39 is 6.17 Å². The van der Waals surface area contributed by atoms with Crippen LogP contribution in [0.5, 0.6) is 0 Å². The maximum Gasteiger partial charge on any atom is 0.258 e. The Morgan fingerprint density at radius 2 is 2.11 bits per heavy atom. The van der Waals surface area contributed by atoms with Gasteiger partial charge >= 0.3 is 0 Å². The molecule has 0 spiro atoms. The fourth-order valence-electron chi connectivity index (χ4n) is 6.05. The van der Waals surface area contributed by atoms with E-state index in [0.29, 0.717) is 40.6 Å². The molecule has 6 rings (SSSR count). The van der Waals surface area contributed by atoms with Crippen molar-refractivity contribution >= 4 is 35.5 Å². The second-order valence-corrected chi connectivity index (χ2v) is 11.5. The standard InChI is InChI=1S/C26H33FN6O2S/c27-18-13-17-22(34)21(25(35)30-15-16-5-3-8-29-14-16)26-33(19-6-1-2-7-20(19)36-26)23(17)31-24(18)32-11-4-9-28-10-12-32/h8,14,18-20,28H,1-7,9-13,15H2,(H,30,35). The highest BCUT2D eigenvalue weighted by Crippen LogP contribution is 2.51. The summed E-state index contributed by atoms with van der Waals surface area (Å²) in [5, 5.41) is 7.34. The molecule has 0 radical (unpaired) electrons. The highest BCUT2D eigenvalue weighted by atomic mass is 32.2. The minimum Gasteiger partial charge on any atom is -0.356 e. The van der Waals surface area contributed by atoms with Gasteiger partial charge in [0.15, 0.2) is 6.17 Å². The number of aromatic nitrogens is 1. The first-order valence-corrected chi connectivity index (χ1v) is 14.1. The lowest BCUT2D eigenvalue weighted by atomic mass is 9.93. The number of amidine groups is 1. The van der Waals surface area contributed by atoms with Gasteiger partial charge in [-0.05, 0) is 44.2 Å². The normalized spacial score (nSPS) is 27.4.